The van der Waals surface area contributed by atoms with E-state index in [0.717, 1.165) is 0 Å². The number of halogens is 3. The summed E-state index contributed by atoms with van der Waals surface area (Å²) in [6.07, 6.45) is -3.47. The summed E-state index contributed by atoms with van der Waals surface area (Å²) in [6, 6.07) is -3.57. The fourth-order valence-electron chi connectivity index (χ4n) is 3.15. The van der Waals surface area contributed by atoms with Crippen molar-refractivity contribution in [2.45, 2.75) is 43.0 Å². The summed E-state index contributed by atoms with van der Waals surface area (Å²) in [5.41, 5.74) is 0. The number of nitrogens with zero attached hydrogens (tertiary/aromatic N) is 1. The number of piperidine rings is 1. The van der Waals surface area contributed by atoms with Crippen molar-refractivity contribution in [3.63, 3.8) is 0 Å². The Bertz CT molecular complexity index is 463. The maximum Gasteiger partial charge on any atom is 0.404 e. The fraction of sp³-hybridized carbons (Fsp3) is 0.750. The number of fused-ring (bicyclic) bond motifs is 1. The van der Waals surface area contributed by atoms with Gasteiger partial charge in [-0.05, 0) is 6.42 Å². The lowest BCUT2D eigenvalue weighted by Gasteiger charge is -2.44. The van der Waals surface area contributed by atoms with Crippen LogP contribution in [0.25, 0.3) is 0 Å². The fourth-order valence-corrected chi connectivity index (χ4v) is 3.15. The van der Waals surface area contributed by atoms with E-state index in [2.05, 4.69) is 4.74 Å². The second-order valence-corrected chi connectivity index (χ2v) is 5.18. The highest BCUT2D eigenvalue weighted by molar-refractivity contribution is 5.74. The molecular weight excluding hydrogens is 295 g/mol. The number of carbonyl (C=O) groups excluding carboxylic acids is 1. The second-order valence-electron chi connectivity index (χ2n) is 5.18. The Balaban J connectivity index is 2.37. The summed E-state index contributed by atoms with van der Waals surface area (Å²) in [4.78, 5) is 12.3. The smallest absolute Gasteiger partial charge is 0.391 e. The van der Waals surface area contributed by atoms with E-state index in [9.17, 15) is 33.3 Å². The van der Waals surface area contributed by atoms with Crippen LogP contribution in [0.5, 0.6) is 0 Å². The molecule has 6 nitrogen and oxygen atoms in total. The van der Waals surface area contributed by atoms with Gasteiger partial charge in [0.05, 0.1) is 30.3 Å². The third-order valence-corrected chi connectivity index (χ3v) is 3.95. The number of rotatable bonds is 1. The Kier molecular flexibility index (Phi) is 4.17. The van der Waals surface area contributed by atoms with E-state index in [1.807, 2.05) is 0 Å². The lowest BCUT2D eigenvalue weighted by atomic mass is 9.83. The number of aliphatic hydroxyl groups excluding tert-OH is 3. The van der Waals surface area contributed by atoms with E-state index < -0.39 is 61.4 Å². The van der Waals surface area contributed by atoms with Crippen LogP contribution in [0.1, 0.15) is 6.42 Å². The summed E-state index contributed by atoms with van der Waals surface area (Å²) >= 11 is 0. The Morgan fingerprint density at radius 2 is 1.90 bits per heavy atom. The van der Waals surface area contributed by atoms with Gasteiger partial charge < -0.3 is 20.1 Å². The van der Waals surface area contributed by atoms with Gasteiger partial charge in [-0.1, -0.05) is 6.42 Å². The first-order valence-corrected chi connectivity index (χ1v) is 6.21. The van der Waals surface area contributed by atoms with Gasteiger partial charge in [0.1, 0.15) is 12.1 Å². The normalized spacial score (nSPS) is 40.4. The molecule has 0 aliphatic carbocycles. The van der Waals surface area contributed by atoms with Crippen LogP contribution in [0.2, 0.25) is 0 Å². The number of hydrogen-bond acceptors (Lipinski definition) is 6. The van der Waals surface area contributed by atoms with E-state index in [1.54, 1.807) is 0 Å². The summed E-state index contributed by atoms with van der Waals surface area (Å²) < 4.78 is 44.0. The van der Waals surface area contributed by atoms with Crippen LogP contribution >= 0.6 is 0 Å². The van der Waals surface area contributed by atoms with Gasteiger partial charge in [0.25, 0.3) is 0 Å². The number of aliphatic hydroxyl groups is 3. The molecule has 6 atom stereocenters. The zero-order valence-electron chi connectivity index (χ0n) is 10.7. The minimum Gasteiger partial charge on any atom is -0.391 e. The molecule has 0 amide bonds. The number of hydrogen-bond donors (Lipinski definition) is 3. The van der Waals surface area contributed by atoms with Crippen LogP contribution in [0.3, 0.4) is 0 Å². The maximum atomic E-state index is 13.3. The number of esters is 1. The largest absolute Gasteiger partial charge is 0.404 e. The summed E-state index contributed by atoms with van der Waals surface area (Å²) in [6.45, 7) is -0.507. The second kappa shape index (κ2) is 5.46. The lowest BCUT2D eigenvalue weighted by molar-refractivity contribution is -0.226. The quantitative estimate of drug-likeness (QED) is 0.418. The van der Waals surface area contributed by atoms with Crippen molar-refractivity contribution >= 4 is 5.97 Å². The molecule has 2 unspecified atom stereocenters. The number of alkyl halides is 3. The summed E-state index contributed by atoms with van der Waals surface area (Å²) in [7, 11) is 0. The third kappa shape index (κ3) is 2.72. The van der Waals surface area contributed by atoms with Crippen molar-refractivity contribution in [3.8, 4) is 12.5 Å². The highest BCUT2D eigenvalue weighted by Crippen LogP contribution is 2.42. The van der Waals surface area contributed by atoms with Gasteiger partial charge in [0.15, 0.2) is 0 Å². The maximum absolute atomic E-state index is 13.3. The minimum absolute atomic E-state index is 0.507. The van der Waals surface area contributed by atoms with Crippen molar-refractivity contribution in [1.29, 1.82) is 0 Å². The Morgan fingerprint density at radius 3 is 2.43 bits per heavy atom. The molecule has 2 heterocycles. The molecule has 0 saturated carbocycles. The highest BCUT2D eigenvalue weighted by atomic mass is 19.4. The molecule has 2 aliphatic heterocycles. The highest BCUT2D eigenvalue weighted by Gasteiger charge is 2.61. The minimum atomic E-state index is -4.81. The molecule has 9 heteroatoms. The third-order valence-electron chi connectivity index (χ3n) is 3.95. The molecule has 0 aromatic rings. The van der Waals surface area contributed by atoms with Crippen molar-refractivity contribution in [1.82, 2.24) is 4.90 Å². The molecule has 2 saturated heterocycles. The van der Waals surface area contributed by atoms with Crippen LogP contribution in [0.4, 0.5) is 13.2 Å². The standard InChI is InChI=1S/C12H14F3NO5/c1-2-21-11(20)5-3-6(17)8-9(19)7(18)4-16(8)10(5)12(13,14)15/h1,5-10,17-19H,3-4H2/t5?,6-,7-,8-,9-,10?/m1/s1. The molecule has 2 aliphatic rings. The van der Waals surface area contributed by atoms with Gasteiger partial charge in [-0.2, -0.15) is 13.2 Å². The molecular formula is C12H14F3NO5. The van der Waals surface area contributed by atoms with E-state index in [1.165, 1.54) is 6.11 Å². The SMILES string of the molecule is C#COC(=O)C1C[C@@H](O)[C@@H]2[C@H](O)[C@H](O)CN2C1C(F)(F)F. The van der Waals surface area contributed by atoms with E-state index in [0.29, 0.717) is 4.90 Å². The number of terminal acetylenes is 1. The van der Waals surface area contributed by atoms with Gasteiger partial charge in [-0.3, -0.25) is 9.69 Å². The van der Waals surface area contributed by atoms with Crippen LogP contribution in [0, 0.1) is 18.4 Å². The van der Waals surface area contributed by atoms with Gasteiger partial charge in [0, 0.05) is 6.54 Å². The number of carbonyl (C=O) groups is 1. The molecule has 3 N–H and O–H groups in total. The van der Waals surface area contributed by atoms with Crippen LogP contribution < -0.4 is 0 Å². The van der Waals surface area contributed by atoms with Gasteiger partial charge in [-0.15, -0.1) is 0 Å². The summed E-state index contributed by atoms with van der Waals surface area (Å²) in [5, 5.41) is 29.1. The molecule has 118 valence electrons. The number of ether oxygens (including phenoxy) is 1. The van der Waals surface area contributed by atoms with Gasteiger partial charge in [-0.25, -0.2) is 0 Å². The van der Waals surface area contributed by atoms with Crippen molar-refractivity contribution in [2.75, 3.05) is 6.54 Å². The van der Waals surface area contributed by atoms with E-state index in [-0.39, 0.29) is 0 Å². The molecule has 0 bridgehead atoms. The van der Waals surface area contributed by atoms with Gasteiger partial charge >= 0.3 is 12.1 Å². The zero-order chi connectivity index (χ0) is 15.9. The summed E-state index contributed by atoms with van der Waals surface area (Å²) in [5.74, 6) is -2.99. The molecule has 0 spiro atoms. The average Bonchev–Trinajstić information content (AvgIpc) is 2.64. The van der Waals surface area contributed by atoms with Crippen LogP contribution in [-0.4, -0.2) is 69.3 Å². The zero-order valence-corrected chi connectivity index (χ0v) is 10.7. The molecule has 0 aromatic carbocycles. The topological polar surface area (TPSA) is 90.2 Å². The van der Waals surface area contributed by atoms with Gasteiger partial charge in [0.2, 0.25) is 0 Å². The molecule has 2 rings (SSSR count). The Hall–Kier alpha value is -1.34. The Morgan fingerprint density at radius 1 is 1.29 bits per heavy atom. The Labute approximate surface area is 118 Å². The monoisotopic (exact) mass is 309 g/mol. The van der Waals surface area contributed by atoms with Crippen LogP contribution in [-0.2, 0) is 9.53 Å². The first-order valence-electron chi connectivity index (χ1n) is 6.21. The molecule has 2 fully saturated rings. The van der Waals surface area contributed by atoms with Crippen molar-refractivity contribution < 1.29 is 38.0 Å². The first-order chi connectivity index (χ1) is 9.68. The van der Waals surface area contributed by atoms with Crippen LogP contribution in [0.15, 0.2) is 0 Å². The van der Waals surface area contributed by atoms with E-state index >= 15 is 0 Å². The van der Waals surface area contributed by atoms with Crippen molar-refractivity contribution in [2.24, 2.45) is 5.92 Å². The average molecular weight is 309 g/mol. The van der Waals surface area contributed by atoms with Crippen molar-refractivity contribution in [3.05, 3.63) is 0 Å². The lowest BCUT2D eigenvalue weighted by Crippen LogP contribution is -2.63. The predicted octanol–water partition coefficient (Wildman–Crippen LogP) is -1.16. The first kappa shape index (κ1) is 16.0. The predicted molar refractivity (Wildman–Crippen MR) is 61.4 cm³/mol. The van der Waals surface area contributed by atoms with E-state index in [4.69, 9.17) is 6.42 Å². The molecule has 0 aromatic heterocycles. The molecule has 0 radical (unpaired) electrons. The molecule has 21 heavy (non-hydrogen) atoms.